The summed E-state index contributed by atoms with van der Waals surface area (Å²) in [5, 5.41) is 12.1. The van der Waals surface area contributed by atoms with Gasteiger partial charge in [-0.3, -0.25) is 10.1 Å². The van der Waals surface area contributed by atoms with Crippen molar-refractivity contribution in [1.82, 2.24) is 0 Å². The topological polar surface area (TPSA) is 47.0 Å². The minimum absolute atomic E-state index is 0.138. The fourth-order valence-electron chi connectivity index (χ4n) is 2.38. The van der Waals surface area contributed by atoms with Crippen molar-refractivity contribution in [3.05, 3.63) is 82.5 Å². The van der Waals surface area contributed by atoms with Gasteiger partial charge >= 0.3 is 5.69 Å². The highest BCUT2D eigenvalue weighted by atomic mass is 16.6. The summed E-state index contributed by atoms with van der Waals surface area (Å²) >= 11 is 0. The number of non-ortho nitro benzene ring substituents is 1. The molecule has 4 nitrogen and oxygen atoms in total. The molecule has 98 valence electrons. The minimum atomic E-state index is -0.330. The van der Waals surface area contributed by atoms with Crippen LogP contribution in [0.4, 0.5) is 5.69 Å². The lowest BCUT2D eigenvalue weighted by molar-refractivity contribution is -0.664. The molecule has 2 aromatic carbocycles. The Labute approximate surface area is 116 Å². The molecule has 0 saturated carbocycles. The number of hydrogen-bond donors (Lipinski definition) is 0. The molecule has 0 aliphatic heterocycles. The van der Waals surface area contributed by atoms with Gasteiger partial charge in [-0.1, -0.05) is 36.4 Å². The van der Waals surface area contributed by atoms with Gasteiger partial charge in [0, 0.05) is 17.7 Å². The lowest BCUT2D eigenvalue weighted by atomic mass is 10.1. The van der Waals surface area contributed by atoms with E-state index in [1.807, 2.05) is 59.3 Å². The Kier molecular flexibility index (Phi) is 3.13. The van der Waals surface area contributed by atoms with Crippen molar-refractivity contribution >= 4 is 16.6 Å². The largest absolute Gasteiger partial charge is 0.340 e. The van der Waals surface area contributed by atoms with Gasteiger partial charge in [0.2, 0.25) is 0 Å². The van der Waals surface area contributed by atoms with Crippen LogP contribution in [0.5, 0.6) is 0 Å². The molecule has 0 unspecified atom stereocenters. The predicted molar refractivity (Wildman–Crippen MR) is 76.3 cm³/mol. The molecule has 0 atom stereocenters. The first-order valence-electron chi connectivity index (χ1n) is 6.35. The van der Waals surface area contributed by atoms with E-state index < -0.39 is 0 Å². The van der Waals surface area contributed by atoms with E-state index in [9.17, 15) is 10.1 Å². The third kappa shape index (κ3) is 2.23. The zero-order valence-electron chi connectivity index (χ0n) is 10.8. The van der Waals surface area contributed by atoms with Gasteiger partial charge in [0.25, 0.3) is 5.52 Å². The van der Waals surface area contributed by atoms with Crippen LogP contribution in [0.25, 0.3) is 10.9 Å². The van der Waals surface area contributed by atoms with E-state index in [4.69, 9.17) is 0 Å². The summed E-state index contributed by atoms with van der Waals surface area (Å²) in [5.74, 6) is 0. The van der Waals surface area contributed by atoms with Gasteiger partial charge in [-0.25, -0.2) is 0 Å². The predicted octanol–water partition coefficient (Wildman–Crippen LogP) is 3.08. The van der Waals surface area contributed by atoms with Gasteiger partial charge in [0.1, 0.15) is 0 Å². The average Bonchev–Trinajstić information content (AvgIpc) is 2.48. The van der Waals surface area contributed by atoms with Crippen molar-refractivity contribution in [2.75, 3.05) is 0 Å². The molecule has 0 amide bonds. The second kappa shape index (κ2) is 5.09. The molecule has 0 N–H and O–H groups in total. The van der Waals surface area contributed by atoms with Crippen molar-refractivity contribution in [3.63, 3.8) is 0 Å². The SMILES string of the molecule is O=[N+]([O-])c1cccc2ccc[n+](Cc3ccccc3)c12. The number of aromatic nitrogens is 1. The van der Waals surface area contributed by atoms with E-state index in [1.54, 1.807) is 12.1 Å². The van der Waals surface area contributed by atoms with Crippen molar-refractivity contribution in [3.8, 4) is 0 Å². The van der Waals surface area contributed by atoms with Crippen LogP contribution in [0.1, 0.15) is 5.56 Å². The van der Waals surface area contributed by atoms with Crippen molar-refractivity contribution in [1.29, 1.82) is 0 Å². The van der Waals surface area contributed by atoms with Gasteiger partial charge in [0.05, 0.1) is 10.3 Å². The monoisotopic (exact) mass is 265 g/mol. The number of nitro benzene ring substituents is 1. The second-order valence-electron chi connectivity index (χ2n) is 4.59. The first kappa shape index (κ1) is 12.3. The van der Waals surface area contributed by atoms with Gasteiger partial charge in [0.15, 0.2) is 12.7 Å². The molecule has 0 radical (unpaired) electrons. The molecule has 1 aromatic heterocycles. The van der Waals surface area contributed by atoms with Crippen LogP contribution >= 0.6 is 0 Å². The Hall–Kier alpha value is -2.75. The number of para-hydroxylation sites is 1. The van der Waals surface area contributed by atoms with Crippen LogP contribution in [0.15, 0.2) is 66.9 Å². The zero-order valence-corrected chi connectivity index (χ0v) is 10.8. The fourth-order valence-corrected chi connectivity index (χ4v) is 2.38. The summed E-state index contributed by atoms with van der Waals surface area (Å²) in [7, 11) is 0. The van der Waals surface area contributed by atoms with E-state index in [1.165, 1.54) is 0 Å². The highest BCUT2D eigenvalue weighted by molar-refractivity contribution is 5.83. The summed E-state index contributed by atoms with van der Waals surface area (Å²) in [5.41, 5.74) is 1.91. The lowest BCUT2D eigenvalue weighted by Crippen LogP contribution is -2.35. The van der Waals surface area contributed by atoms with E-state index in [0.717, 1.165) is 10.9 Å². The zero-order chi connectivity index (χ0) is 13.9. The Balaban J connectivity index is 2.18. The number of nitro groups is 1. The number of benzene rings is 2. The number of hydrogen-bond acceptors (Lipinski definition) is 2. The van der Waals surface area contributed by atoms with Crippen LogP contribution in [0, 0.1) is 10.1 Å². The number of fused-ring (bicyclic) bond motifs is 1. The Morgan fingerprint density at radius 3 is 2.45 bits per heavy atom. The quantitative estimate of drug-likeness (QED) is 0.415. The number of pyridine rings is 1. The molecule has 3 aromatic rings. The maximum absolute atomic E-state index is 11.2. The number of nitrogens with zero attached hydrogens (tertiary/aromatic N) is 2. The normalized spacial score (nSPS) is 10.6. The molecule has 0 aliphatic carbocycles. The summed E-state index contributed by atoms with van der Waals surface area (Å²) in [4.78, 5) is 10.9. The summed E-state index contributed by atoms with van der Waals surface area (Å²) in [6, 6.07) is 18.9. The molecular weight excluding hydrogens is 252 g/mol. The molecule has 0 spiro atoms. The maximum atomic E-state index is 11.2. The van der Waals surface area contributed by atoms with Gasteiger partial charge in [-0.2, -0.15) is 4.57 Å². The Morgan fingerprint density at radius 2 is 1.70 bits per heavy atom. The Morgan fingerprint density at radius 1 is 0.950 bits per heavy atom. The Bertz CT molecular complexity index is 765. The van der Waals surface area contributed by atoms with Crippen molar-refractivity contribution in [2.45, 2.75) is 6.54 Å². The molecule has 0 saturated heterocycles. The molecule has 4 heteroatoms. The van der Waals surface area contributed by atoms with Crippen LogP contribution in [0.3, 0.4) is 0 Å². The van der Waals surface area contributed by atoms with Crippen LogP contribution < -0.4 is 4.57 Å². The van der Waals surface area contributed by atoms with Crippen LogP contribution in [-0.4, -0.2) is 4.92 Å². The molecule has 1 heterocycles. The van der Waals surface area contributed by atoms with E-state index in [2.05, 4.69) is 0 Å². The van der Waals surface area contributed by atoms with Gasteiger partial charge < -0.3 is 0 Å². The van der Waals surface area contributed by atoms with E-state index in [0.29, 0.717) is 12.1 Å². The highest BCUT2D eigenvalue weighted by Gasteiger charge is 2.21. The molecule has 0 fully saturated rings. The van der Waals surface area contributed by atoms with E-state index >= 15 is 0 Å². The summed E-state index contributed by atoms with van der Waals surface area (Å²) in [6.45, 7) is 0.614. The molecule has 0 bridgehead atoms. The highest BCUT2D eigenvalue weighted by Crippen LogP contribution is 2.21. The van der Waals surface area contributed by atoms with Crippen molar-refractivity contribution in [2.24, 2.45) is 0 Å². The van der Waals surface area contributed by atoms with Gasteiger partial charge in [-0.05, 0) is 12.1 Å². The molecule has 20 heavy (non-hydrogen) atoms. The second-order valence-corrected chi connectivity index (χ2v) is 4.59. The van der Waals surface area contributed by atoms with Crippen LogP contribution in [-0.2, 0) is 6.54 Å². The standard InChI is InChI=1S/C16H13N2O2/c19-18(20)15-10-4-8-14-9-5-11-17(16(14)15)12-13-6-2-1-3-7-13/h1-11H,12H2/q+1. The third-order valence-corrected chi connectivity index (χ3v) is 3.27. The van der Waals surface area contributed by atoms with Gasteiger partial charge in [-0.15, -0.1) is 0 Å². The average molecular weight is 265 g/mol. The third-order valence-electron chi connectivity index (χ3n) is 3.27. The number of rotatable bonds is 3. The first-order chi connectivity index (χ1) is 9.75. The maximum Gasteiger partial charge on any atom is 0.340 e. The molecule has 3 rings (SSSR count). The first-order valence-corrected chi connectivity index (χ1v) is 6.35. The molecule has 0 aliphatic rings. The molecular formula is C16H13N2O2+. The smallest absolute Gasteiger partial charge is 0.258 e. The van der Waals surface area contributed by atoms with Crippen LogP contribution in [0.2, 0.25) is 0 Å². The van der Waals surface area contributed by atoms with Crippen molar-refractivity contribution < 1.29 is 9.49 Å². The fraction of sp³-hybridized carbons (Fsp3) is 0.0625. The minimum Gasteiger partial charge on any atom is -0.258 e. The summed E-state index contributed by atoms with van der Waals surface area (Å²) in [6.07, 6.45) is 1.88. The summed E-state index contributed by atoms with van der Waals surface area (Å²) < 4.78 is 1.92. The lowest BCUT2D eigenvalue weighted by Gasteiger charge is -2.02. The van der Waals surface area contributed by atoms with E-state index in [-0.39, 0.29) is 10.6 Å².